The third kappa shape index (κ3) is 4.09. The summed E-state index contributed by atoms with van der Waals surface area (Å²) < 4.78 is 35.6. The average molecular weight is 405 g/mol. The molecule has 29 heavy (non-hydrogen) atoms. The second-order valence-electron chi connectivity index (χ2n) is 6.09. The number of carbonyl (C=O) groups excluding carboxylic acids is 1. The van der Waals surface area contributed by atoms with Crippen LogP contribution in [-0.4, -0.2) is 20.3 Å². The van der Waals surface area contributed by atoms with E-state index in [2.05, 4.69) is 4.99 Å². The fourth-order valence-corrected chi connectivity index (χ4v) is 3.66. The van der Waals surface area contributed by atoms with Crippen LogP contribution in [-0.2, 0) is 19.6 Å². The van der Waals surface area contributed by atoms with Gasteiger partial charge in [-0.3, -0.25) is 0 Å². The van der Waals surface area contributed by atoms with Crippen molar-refractivity contribution in [1.29, 1.82) is 0 Å². The Bertz CT molecular complexity index is 1220. The molecular formula is C22H15NO5S. The number of benzene rings is 3. The van der Waals surface area contributed by atoms with E-state index in [4.69, 9.17) is 8.92 Å². The van der Waals surface area contributed by atoms with Gasteiger partial charge in [0.25, 0.3) is 0 Å². The number of aliphatic imine (C=N–C) groups is 1. The zero-order chi connectivity index (χ0) is 20.3. The van der Waals surface area contributed by atoms with E-state index >= 15 is 0 Å². The van der Waals surface area contributed by atoms with Crippen molar-refractivity contribution in [2.24, 2.45) is 4.99 Å². The van der Waals surface area contributed by atoms with E-state index in [9.17, 15) is 13.2 Å². The normalized spacial score (nSPS) is 15.1. The van der Waals surface area contributed by atoms with Crippen molar-refractivity contribution >= 4 is 28.1 Å². The monoisotopic (exact) mass is 405 g/mol. The topological polar surface area (TPSA) is 82.0 Å². The molecule has 0 saturated carbocycles. The van der Waals surface area contributed by atoms with E-state index in [1.54, 1.807) is 48.5 Å². The van der Waals surface area contributed by atoms with Crippen LogP contribution in [0, 0.1) is 0 Å². The number of nitrogens with zero attached hydrogens (tertiary/aromatic N) is 1. The molecule has 0 radical (unpaired) electrons. The van der Waals surface area contributed by atoms with E-state index in [1.165, 1.54) is 24.3 Å². The van der Waals surface area contributed by atoms with Gasteiger partial charge >= 0.3 is 16.1 Å². The number of hydrogen-bond acceptors (Lipinski definition) is 6. The Kier molecular flexibility index (Phi) is 4.97. The van der Waals surface area contributed by atoms with Gasteiger partial charge in [0.05, 0.1) is 0 Å². The van der Waals surface area contributed by atoms with Gasteiger partial charge in [-0.2, -0.15) is 8.42 Å². The molecule has 3 aromatic rings. The molecule has 1 aliphatic rings. The van der Waals surface area contributed by atoms with Gasteiger partial charge in [-0.25, -0.2) is 9.79 Å². The molecule has 0 aromatic heterocycles. The Morgan fingerprint density at radius 1 is 0.828 bits per heavy atom. The molecule has 3 aromatic carbocycles. The molecule has 4 rings (SSSR count). The molecule has 144 valence electrons. The Morgan fingerprint density at radius 2 is 1.45 bits per heavy atom. The lowest BCUT2D eigenvalue weighted by Crippen LogP contribution is -2.10. The second kappa shape index (κ2) is 7.73. The lowest BCUT2D eigenvalue weighted by Gasteiger charge is -2.09. The summed E-state index contributed by atoms with van der Waals surface area (Å²) in [7, 11) is -4.02. The largest absolute Gasteiger partial charge is 0.402 e. The fraction of sp³-hybridized carbons (Fsp3) is 0. The van der Waals surface area contributed by atoms with Crippen molar-refractivity contribution in [3.05, 3.63) is 102 Å². The highest BCUT2D eigenvalue weighted by molar-refractivity contribution is 7.87. The Balaban J connectivity index is 1.67. The lowest BCUT2D eigenvalue weighted by molar-refractivity contribution is -0.129. The molecule has 7 heteroatoms. The van der Waals surface area contributed by atoms with E-state index in [1.807, 2.05) is 18.2 Å². The van der Waals surface area contributed by atoms with Gasteiger partial charge in [0, 0.05) is 11.1 Å². The molecule has 0 amide bonds. The van der Waals surface area contributed by atoms with Gasteiger partial charge in [0.1, 0.15) is 10.6 Å². The molecule has 0 atom stereocenters. The lowest BCUT2D eigenvalue weighted by atomic mass is 10.1. The van der Waals surface area contributed by atoms with E-state index in [0.717, 1.165) is 0 Å². The van der Waals surface area contributed by atoms with Crippen LogP contribution in [0.3, 0.4) is 0 Å². The summed E-state index contributed by atoms with van der Waals surface area (Å²) in [6, 6.07) is 23.3. The minimum absolute atomic E-state index is 0.0344. The van der Waals surface area contributed by atoms with Gasteiger partial charge in [-0.05, 0) is 36.4 Å². The highest BCUT2D eigenvalue weighted by Gasteiger charge is 2.25. The Morgan fingerprint density at radius 3 is 2.17 bits per heavy atom. The maximum Gasteiger partial charge on any atom is 0.363 e. The maximum absolute atomic E-state index is 12.5. The van der Waals surface area contributed by atoms with Crippen LogP contribution < -0.4 is 4.18 Å². The molecule has 0 bridgehead atoms. The molecular weight excluding hydrogens is 390 g/mol. The quantitative estimate of drug-likeness (QED) is 0.366. The molecule has 1 aliphatic heterocycles. The number of ether oxygens (including phenoxy) is 1. The molecule has 6 nitrogen and oxygen atoms in total. The van der Waals surface area contributed by atoms with Crippen LogP contribution in [0.2, 0.25) is 0 Å². The number of cyclic esters (lactones) is 1. The smallest absolute Gasteiger partial charge is 0.363 e. The van der Waals surface area contributed by atoms with E-state index in [-0.39, 0.29) is 22.2 Å². The van der Waals surface area contributed by atoms with Gasteiger partial charge in [0.2, 0.25) is 5.90 Å². The third-order valence-electron chi connectivity index (χ3n) is 4.08. The number of rotatable bonds is 5. The third-order valence-corrected chi connectivity index (χ3v) is 5.33. The van der Waals surface area contributed by atoms with Crippen molar-refractivity contribution in [1.82, 2.24) is 0 Å². The molecule has 0 spiro atoms. The minimum atomic E-state index is -4.02. The van der Waals surface area contributed by atoms with Crippen LogP contribution in [0.25, 0.3) is 6.08 Å². The molecule has 0 fully saturated rings. The summed E-state index contributed by atoms with van der Waals surface area (Å²) in [4.78, 5) is 16.5. The van der Waals surface area contributed by atoms with Crippen LogP contribution in [0.1, 0.15) is 11.1 Å². The summed E-state index contributed by atoms with van der Waals surface area (Å²) in [6.45, 7) is 0. The van der Waals surface area contributed by atoms with Gasteiger partial charge in [0.15, 0.2) is 5.70 Å². The SMILES string of the molecule is O=C1OC(c2ccccc2)=N/C1=C/c1ccccc1OS(=O)(=O)c1ccccc1. The molecule has 0 saturated heterocycles. The Hall–Kier alpha value is -3.71. The predicted octanol–water partition coefficient (Wildman–Crippen LogP) is 3.80. The van der Waals surface area contributed by atoms with Gasteiger partial charge in [-0.1, -0.05) is 54.6 Å². The second-order valence-corrected chi connectivity index (χ2v) is 7.64. The summed E-state index contributed by atoms with van der Waals surface area (Å²) in [5.74, 6) is -0.346. The van der Waals surface area contributed by atoms with E-state index in [0.29, 0.717) is 11.1 Å². The maximum atomic E-state index is 12.5. The molecule has 1 heterocycles. The molecule has 0 N–H and O–H groups in total. The first-order valence-corrected chi connectivity index (χ1v) is 10.1. The predicted molar refractivity (Wildman–Crippen MR) is 108 cm³/mol. The standard InChI is InChI=1S/C22H15NO5S/c24-22-19(23-21(27-22)16-9-3-1-4-10-16)15-17-11-7-8-14-20(17)28-29(25,26)18-12-5-2-6-13-18/h1-15H/b19-15+. The van der Waals surface area contributed by atoms with Crippen LogP contribution in [0.5, 0.6) is 5.75 Å². The summed E-state index contributed by atoms with van der Waals surface area (Å²) in [6.07, 6.45) is 1.44. The summed E-state index contributed by atoms with van der Waals surface area (Å²) >= 11 is 0. The number of esters is 1. The number of carbonyl (C=O) groups is 1. The summed E-state index contributed by atoms with van der Waals surface area (Å²) in [5.41, 5.74) is 1.11. The van der Waals surface area contributed by atoms with Gasteiger partial charge in [-0.15, -0.1) is 0 Å². The summed E-state index contributed by atoms with van der Waals surface area (Å²) in [5, 5.41) is 0. The average Bonchev–Trinajstić information content (AvgIpc) is 3.11. The first kappa shape index (κ1) is 18.6. The minimum Gasteiger partial charge on any atom is -0.402 e. The van der Waals surface area contributed by atoms with Crippen molar-refractivity contribution < 1.29 is 22.1 Å². The van der Waals surface area contributed by atoms with Gasteiger partial charge < -0.3 is 8.92 Å². The first-order chi connectivity index (χ1) is 14.0. The van der Waals surface area contributed by atoms with Crippen molar-refractivity contribution in [2.75, 3.05) is 0 Å². The zero-order valence-electron chi connectivity index (χ0n) is 15.1. The van der Waals surface area contributed by atoms with Crippen molar-refractivity contribution in [3.63, 3.8) is 0 Å². The van der Waals surface area contributed by atoms with Crippen molar-refractivity contribution in [3.8, 4) is 5.75 Å². The Labute approximate surface area is 167 Å². The van der Waals surface area contributed by atoms with E-state index < -0.39 is 16.1 Å². The van der Waals surface area contributed by atoms with Crippen LogP contribution >= 0.6 is 0 Å². The number of hydrogen-bond donors (Lipinski definition) is 0. The van der Waals surface area contributed by atoms with Crippen molar-refractivity contribution in [2.45, 2.75) is 4.90 Å². The number of para-hydroxylation sites is 1. The highest BCUT2D eigenvalue weighted by Crippen LogP contribution is 2.27. The molecule has 0 aliphatic carbocycles. The highest BCUT2D eigenvalue weighted by atomic mass is 32.2. The van der Waals surface area contributed by atoms with Crippen LogP contribution in [0.15, 0.2) is 101 Å². The first-order valence-electron chi connectivity index (χ1n) is 8.69. The zero-order valence-corrected chi connectivity index (χ0v) is 15.9. The molecule has 0 unspecified atom stereocenters. The van der Waals surface area contributed by atoms with Crippen LogP contribution in [0.4, 0.5) is 0 Å². The fourth-order valence-electron chi connectivity index (χ4n) is 2.69.